The van der Waals surface area contributed by atoms with Crippen LogP contribution in [-0.4, -0.2) is 46.9 Å². The molecule has 10 nitrogen and oxygen atoms in total. The summed E-state index contributed by atoms with van der Waals surface area (Å²) in [5, 5.41) is 18.8. The molecule has 10 N–H and O–H groups in total. The molecule has 0 aromatic heterocycles. The fourth-order valence-electron chi connectivity index (χ4n) is 1.69. The number of rotatable bonds is 9. The normalized spacial score (nSPS) is 9.93. The first-order valence-corrected chi connectivity index (χ1v) is 8.90. The quantitative estimate of drug-likeness (QED) is 0.257. The van der Waals surface area contributed by atoms with Crippen molar-refractivity contribution in [3.05, 3.63) is 29.8 Å². The van der Waals surface area contributed by atoms with Gasteiger partial charge in [0.2, 0.25) is 5.91 Å². The lowest BCUT2D eigenvalue weighted by Crippen LogP contribution is -2.29. The summed E-state index contributed by atoms with van der Waals surface area (Å²) in [5.41, 5.74) is 11.7. The molecule has 1 aromatic carbocycles. The van der Waals surface area contributed by atoms with E-state index in [1.54, 1.807) is 24.3 Å². The van der Waals surface area contributed by atoms with E-state index in [9.17, 15) is 19.2 Å². The third-order valence-electron chi connectivity index (χ3n) is 3.12. The van der Waals surface area contributed by atoms with Crippen LogP contribution in [0.15, 0.2) is 24.3 Å². The van der Waals surface area contributed by atoms with E-state index in [1.165, 1.54) is 6.92 Å². The van der Waals surface area contributed by atoms with Crippen molar-refractivity contribution in [1.82, 2.24) is 6.15 Å². The van der Waals surface area contributed by atoms with Crippen LogP contribution < -0.4 is 22.9 Å². The van der Waals surface area contributed by atoms with E-state index in [2.05, 4.69) is 5.32 Å². The van der Waals surface area contributed by atoms with Crippen LogP contribution in [0.2, 0.25) is 0 Å². The Hall–Kier alpha value is -2.82. The van der Waals surface area contributed by atoms with Gasteiger partial charge in [-0.15, -0.1) is 0 Å². The van der Waals surface area contributed by atoms with Gasteiger partial charge in [0.1, 0.15) is 12.3 Å². The van der Waals surface area contributed by atoms with Crippen LogP contribution in [0.4, 0.5) is 5.69 Å². The Morgan fingerprint density at radius 1 is 1.14 bits per heavy atom. The van der Waals surface area contributed by atoms with Crippen LogP contribution in [0.1, 0.15) is 56.3 Å². The summed E-state index contributed by atoms with van der Waals surface area (Å²) in [6.07, 6.45) is 3.95. The first kappa shape index (κ1) is 30.9. The summed E-state index contributed by atoms with van der Waals surface area (Å²) in [7, 11) is 0. The van der Waals surface area contributed by atoms with E-state index in [0.29, 0.717) is 30.6 Å². The molecular weight excluding hydrogens is 380 g/mol. The van der Waals surface area contributed by atoms with Gasteiger partial charge in [-0.05, 0) is 50.1 Å². The maximum absolute atomic E-state index is 10.6. The highest BCUT2D eigenvalue weighted by atomic mass is 16.4. The Morgan fingerprint density at radius 3 is 2.00 bits per heavy atom. The zero-order valence-electron chi connectivity index (χ0n) is 17.1. The number of benzene rings is 1. The number of carbonyl (C=O) groups is 4. The smallest absolute Gasteiger partial charge is 0.320 e. The van der Waals surface area contributed by atoms with Crippen molar-refractivity contribution in [1.29, 1.82) is 0 Å². The molecule has 1 atom stereocenters. The van der Waals surface area contributed by atoms with Crippen LogP contribution in [0.5, 0.6) is 0 Å². The minimum Gasteiger partial charge on any atom is -0.481 e. The number of nitrogens with one attached hydrogen (secondary N) is 1. The third kappa shape index (κ3) is 21.3. The number of aliphatic carboxylic acids is 2. The Kier molecular flexibility index (Phi) is 21.2. The molecule has 0 unspecified atom stereocenters. The van der Waals surface area contributed by atoms with E-state index in [-0.39, 0.29) is 12.1 Å². The molecule has 0 saturated heterocycles. The minimum atomic E-state index is -0.933. The predicted octanol–water partition coefficient (Wildman–Crippen LogP) is 2.02. The zero-order valence-corrected chi connectivity index (χ0v) is 17.1. The molecule has 0 fully saturated rings. The van der Waals surface area contributed by atoms with Crippen LogP contribution in [0.3, 0.4) is 0 Å². The average molecular weight is 415 g/mol. The minimum absolute atomic E-state index is 0. The van der Waals surface area contributed by atoms with Crippen molar-refractivity contribution >= 4 is 29.8 Å². The summed E-state index contributed by atoms with van der Waals surface area (Å²) in [5.74, 6) is -1.76. The molecule has 29 heavy (non-hydrogen) atoms. The van der Waals surface area contributed by atoms with E-state index in [1.807, 2.05) is 6.92 Å². The second-order valence-corrected chi connectivity index (χ2v) is 5.79. The second-order valence-electron chi connectivity index (χ2n) is 5.79. The number of hydrogen-bond donors (Lipinski definition) is 6. The molecule has 0 saturated carbocycles. The zero-order chi connectivity index (χ0) is 21.9. The molecule has 0 spiro atoms. The third-order valence-corrected chi connectivity index (χ3v) is 3.12. The Labute approximate surface area is 171 Å². The molecule has 0 bridgehead atoms. The average Bonchev–Trinajstić information content (AvgIpc) is 2.63. The first-order chi connectivity index (χ1) is 13.2. The van der Waals surface area contributed by atoms with Gasteiger partial charge < -0.3 is 33.1 Å². The molecule has 1 rings (SSSR count). The highest BCUT2D eigenvalue weighted by molar-refractivity contribution is 5.89. The summed E-state index contributed by atoms with van der Waals surface area (Å²) < 4.78 is 0. The number of anilines is 1. The van der Waals surface area contributed by atoms with Gasteiger partial charge in [0, 0.05) is 24.6 Å². The topological polar surface area (TPSA) is 208 Å². The first-order valence-electron chi connectivity index (χ1n) is 8.90. The maximum Gasteiger partial charge on any atom is 0.320 e. The molecule has 10 heteroatoms. The number of carbonyl (C=O) groups excluding carboxylic acids is 2. The standard InChI is InChI=1S/C9H9NO2.C6H14N2O2.C4H8O2.H3N/c1-7(12)10-9-4-2-8(6-11)3-5-9;7-4-2-1-3-5(8)6(9)10;1-2-3-4(5)6;/h2-6H,1H3,(H,10,12);5H,1-4,7-8H2,(H,9,10);2-3H2,1H3,(H,5,6);1H3/t;5-;;/m.0../s1. The lowest BCUT2D eigenvalue weighted by atomic mass is 10.1. The lowest BCUT2D eigenvalue weighted by Gasteiger charge is -2.03. The Morgan fingerprint density at radius 2 is 1.69 bits per heavy atom. The number of amides is 1. The molecule has 1 amide bonds. The van der Waals surface area contributed by atoms with Gasteiger partial charge in [0.05, 0.1) is 0 Å². The molecule has 166 valence electrons. The monoisotopic (exact) mass is 414 g/mol. The van der Waals surface area contributed by atoms with E-state index < -0.39 is 18.0 Å². The van der Waals surface area contributed by atoms with Crippen LogP contribution in [0.25, 0.3) is 0 Å². The van der Waals surface area contributed by atoms with Gasteiger partial charge in [-0.3, -0.25) is 19.2 Å². The number of carboxylic acid groups (broad SMARTS) is 2. The maximum atomic E-state index is 10.6. The van der Waals surface area contributed by atoms with Crippen LogP contribution >= 0.6 is 0 Å². The van der Waals surface area contributed by atoms with Gasteiger partial charge in [0.15, 0.2) is 0 Å². The van der Waals surface area contributed by atoms with Crippen molar-refractivity contribution in [2.24, 2.45) is 11.5 Å². The Balaban J connectivity index is -0.000000363. The highest BCUT2D eigenvalue weighted by Crippen LogP contribution is 2.07. The fraction of sp³-hybridized carbons (Fsp3) is 0.474. The van der Waals surface area contributed by atoms with E-state index in [4.69, 9.17) is 21.7 Å². The summed E-state index contributed by atoms with van der Waals surface area (Å²) >= 11 is 0. The molecule has 0 aliphatic heterocycles. The number of aldehydes is 1. The van der Waals surface area contributed by atoms with Crippen molar-refractivity contribution in [3.63, 3.8) is 0 Å². The molecule has 0 radical (unpaired) electrons. The van der Waals surface area contributed by atoms with Crippen molar-refractivity contribution in [2.75, 3.05) is 11.9 Å². The van der Waals surface area contributed by atoms with Crippen molar-refractivity contribution in [3.8, 4) is 0 Å². The van der Waals surface area contributed by atoms with Gasteiger partial charge >= 0.3 is 11.9 Å². The summed E-state index contributed by atoms with van der Waals surface area (Å²) in [6, 6.07) is 5.96. The molecule has 0 aliphatic carbocycles. The van der Waals surface area contributed by atoms with Gasteiger partial charge in [0.25, 0.3) is 0 Å². The highest BCUT2D eigenvalue weighted by Gasteiger charge is 2.09. The van der Waals surface area contributed by atoms with E-state index in [0.717, 1.165) is 25.5 Å². The number of hydrogen-bond acceptors (Lipinski definition) is 7. The number of carboxylic acids is 2. The summed E-state index contributed by atoms with van der Waals surface area (Å²) in [4.78, 5) is 40.6. The SMILES string of the molecule is CC(=O)Nc1ccc(C=O)cc1.CCCC(=O)O.N.NCCCC[C@H](N)C(=O)O. The number of nitrogens with two attached hydrogens (primary N) is 2. The van der Waals surface area contributed by atoms with Gasteiger partial charge in [-0.1, -0.05) is 13.3 Å². The number of unbranched alkanes of at least 4 members (excludes halogenated alkanes) is 1. The Bertz CT molecular complexity index is 593. The largest absolute Gasteiger partial charge is 0.481 e. The van der Waals surface area contributed by atoms with Gasteiger partial charge in [-0.25, -0.2) is 0 Å². The van der Waals surface area contributed by atoms with Crippen LogP contribution in [0, 0.1) is 0 Å². The predicted molar refractivity (Wildman–Crippen MR) is 112 cm³/mol. The van der Waals surface area contributed by atoms with Gasteiger partial charge in [-0.2, -0.15) is 0 Å². The molecule has 0 aliphatic rings. The van der Waals surface area contributed by atoms with Crippen LogP contribution in [-0.2, 0) is 14.4 Å². The van der Waals surface area contributed by atoms with Crippen molar-refractivity contribution < 1.29 is 29.4 Å². The fourth-order valence-corrected chi connectivity index (χ4v) is 1.69. The second kappa shape index (κ2) is 19.9. The molecule has 1 aromatic rings. The van der Waals surface area contributed by atoms with E-state index >= 15 is 0 Å². The molecular formula is C19H34N4O6. The van der Waals surface area contributed by atoms with Crippen molar-refractivity contribution in [2.45, 2.75) is 52.0 Å². The summed E-state index contributed by atoms with van der Waals surface area (Å²) in [6.45, 7) is 3.88. The lowest BCUT2D eigenvalue weighted by molar-refractivity contribution is -0.139. The molecule has 0 heterocycles.